The van der Waals surface area contributed by atoms with E-state index in [9.17, 15) is 9.90 Å². The quantitative estimate of drug-likeness (QED) is 0.855. The van der Waals surface area contributed by atoms with Gasteiger partial charge in [0.15, 0.2) is 0 Å². The summed E-state index contributed by atoms with van der Waals surface area (Å²) in [5.74, 6) is 0.128. The van der Waals surface area contributed by atoms with Crippen molar-refractivity contribution in [3.05, 3.63) is 58.9 Å². The minimum atomic E-state index is -0.348. The lowest BCUT2D eigenvalue weighted by molar-refractivity contribution is 0.0924. The van der Waals surface area contributed by atoms with Crippen molar-refractivity contribution in [1.29, 1.82) is 0 Å². The molecule has 0 radical (unpaired) electrons. The summed E-state index contributed by atoms with van der Waals surface area (Å²) in [6, 6.07) is 5.26. The van der Waals surface area contributed by atoms with Gasteiger partial charge in [0.25, 0.3) is 5.91 Å². The fourth-order valence-electron chi connectivity index (χ4n) is 2.13. The zero-order valence-electron chi connectivity index (χ0n) is 11.5. The molecule has 3 nitrogen and oxygen atoms in total. The number of hydrogen-bond donors (Lipinski definition) is 2. The number of aliphatic hydroxyl groups is 1. The zero-order valence-corrected chi connectivity index (χ0v) is 11.5. The largest absolute Gasteiger partial charge is 0.510 e. The van der Waals surface area contributed by atoms with Gasteiger partial charge in [-0.15, -0.1) is 0 Å². The molecule has 0 spiro atoms. The monoisotopic (exact) mass is 257 g/mol. The second-order valence-corrected chi connectivity index (χ2v) is 5.09. The third kappa shape index (κ3) is 2.87. The van der Waals surface area contributed by atoms with Crippen molar-refractivity contribution in [3.8, 4) is 0 Å². The molecule has 0 aliphatic heterocycles. The Morgan fingerprint density at radius 2 is 2.00 bits per heavy atom. The predicted molar refractivity (Wildman–Crippen MR) is 76.2 cm³/mol. The van der Waals surface area contributed by atoms with Crippen LogP contribution in [0.3, 0.4) is 0 Å². The van der Waals surface area contributed by atoms with Crippen LogP contribution in [0.15, 0.2) is 42.2 Å². The average molecular weight is 257 g/mol. The predicted octanol–water partition coefficient (Wildman–Crippen LogP) is 3.05. The Morgan fingerprint density at radius 1 is 1.26 bits per heavy atom. The van der Waals surface area contributed by atoms with Crippen LogP contribution in [0.2, 0.25) is 0 Å². The van der Waals surface area contributed by atoms with Crippen LogP contribution in [-0.2, 0) is 0 Å². The summed E-state index contributed by atoms with van der Waals surface area (Å²) in [5, 5.41) is 12.7. The average Bonchev–Trinajstić information content (AvgIpc) is 2.37. The number of allylic oxidation sites excluding steroid dienone is 2. The molecule has 0 bridgehead atoms. The molecule has 0 saturated carbocycles. The molecule has 3 heteroatoms. The Morgan fingerprint density at radius 3 is 2.63 bits per heavy atom. The highest BCUT2D eigenvalue weighted by Crippen LogP contribution is 2.18. The lowest BCUT2D eigenvalue weighted by Crippen LogP contribution is -2.41. The van der Waals surface area contributed by atoms with Gasteiger partial charge >= 0.3 is 0 Å². The first-order valence-corrected chi connectivity index (χ1v) is 6.44. The van der Waals surface area contributed by atoms with Gasteiger partial charge in [-0.1, -0.05) is 25.1 Å². The SMILES string of the molecule is Cc1ccc(C(=O)NC2C(O)=CC=CC2C)cc1C. The molecule has 1 amide bonds. The fourth-order valence-corrected chi connectivity index (χ4v) is 2.13. The molecule has 1 aliphatic carbocycles. The smallest absolute Gasteiger partial charge is 0.251 e. The fraction of sp³-hybridized carbons (Fsp3) is 0.312. The summed E-state index contributed by atoms with van der Waals surface area (Å²) in [5.41, 5.74) is 2.87. The summed E-state index contributed by atoms with van der Waals surface area (Å²) in [7, 11) is 0. The van der Waals surface area contributed by atoms with Crippen LogP contribution in [0.5, 0.6) is 0 Å². The number of aryl methyl sites for hydroxylation is 2. The van der Waals surface area contributed by atoms with Crippen LogP contribution in [0.1, 0.15) is 28.4 Å². The molecule has 100 valence electrons. The van der Waals surface area contributed by atoms with Crippen LogP contribution in [0.25, 0.3) is 0 Å². The van der Waals surface area contributed by atoms with Crippen molar-refractivity contribution in [3.63, 3.8) is 0 Å². The van der Waals surface area contributed by atoms with Crippen LogP contribution >= 0.6 is 0 Å². The Balaban J connectivity index is 2.15. The van der Waals surface area contributed by atoms with E-state index in [-0.39, 0.29) is 23.6 Å². The van der Waals surface area contributed by atoms with Crippen molar-refractivity contribution >= 4 is 5.91 Å². The highest BCUT2D eigenvalue weighted by molar-refractivity contribution is 5.94. The molecule has 1 aromatic rings. The van der Waals surface area contributed by atoms with E-state index in [1.54, 1.807) is 12.2 Å². The maximum atomic E-state index is 12.2. The number of carbonyl (C=O) groups excluding carboxylic acids is 1. The Labute approximate surface area is 113 Å². The maximum Gasteiger partial charge on any atom is 0.251 e. The number of amides is 1. The molecule has 1 aliphatic rings. The van der Waals surface area contributed by atoms with Crippen molar-refractivity contribution in [2.75, 3.05) is 0 Å². The minimum Gasteiger partial charge on any atom is -0.510 e. The number of benzene rings is 1. The minimum absolute atomic E-state index is 0.0838. The van der Waals surface area contributed by atoms with Gasteiger partial charge in [0, 0.05) is 11.5 Å². The standard InChI is InChI=1S/C16H19NO2/c1-10-7-8-13(9-12(10)3)16(19)17-15-11(2)5-4-6-14(15)18/h4-9,11,15,18H,1-3H3,(H,17,19). The van der Waals surface area contributed by atoms with Gasteiger partial charge in [0.2, 0.25) is 0 Å². The van der Waals surface area contributed by atoms with Gasteiger partial charge in [-0.05, 0) is 43.2 Å². The summed E-state index contributed by atoms with van der Waals surface area (Å²) >= 11 is 0. The highest BCUT2D eigenvalue weighted by Gasteiger charge is 2.23. The van der Waals surface area contributed by atoms with Crippen LogP contribution in [-0.4, -0.2) is 17.1 Å². The van der Waals surface area contributed by atoms with E-state index >= 15 is 0 Å². The molecule has 2 unspecified atom stereocenters. The number of nitrogens with one attached hydrogen (secondary N) is 1. The third-order valence-corrected chi connectivity index (χ3v) is 3.58. The van der Waals surface area contributed by atoms with E-state index in [0.717, 1.165) is 11.1 Å². The van der Waals surface area contributed by atoms with Gasteiger partial charge in [0.05, 0.1) is 6.04 Å². The van der Waals surface area contributed by atoms with Crippen molar-refractivity contribution in [1.82, 2.24) is 5.32 Å². The molecule has 1 aromatic carbocycles. The number of rotatable bonds is 2. The zero-order chi connectivity index (χ0) is 14.0. The lowest BCUT2D eigenvalue weighted by Gasteiger charge is -2.24. The van der Waals surface area contributed by atoms with Gasteiger partial charge < -0.3 is 10.4 Å². The molecule has 0 fully saturated rings. The van der Waals surface area contributed by atoms with Crippen LogP contribution in [0.4, 0.5) is 0 Å². The van der Waals surface area contributed by atoms with Gasteiger partial charge in [0.1, 0.15) is 5.76 Å². The van der Waals surface area contributed by atoms with Crippen LogP contribution < -0.4 is 5.32 Å². The van der Waals surface area contributed by atoms with E-state index < -0.39 is 0 Å². The summed E-state index contributed by atoms with van der Waals surface area (Å²) in [6.45, 7) is 5.96. The highest BCUT2D eigenvalue weighted by atomic mass is 16.3. The van der Waals surface area contributed by atoms with Crippen LogP contribution in [0, 0.1) is 19.8 Å². The molecule has 0 heterocycles. The summed E-state index contributed by atoms with van der Waals surface area (Å²) < 4.78 is 0. The Bertz CT molecular complexity index is 558. The molecule has 19 heavy (non-hydrogen) atoms. The van der Waals surface area contributed by atoms with E-state index in [2.05, 4.69) is 5.32 Å². The number of aliphatic hydroxyl groups excluding tert-OH is 1. The molecule has 2 rings (SSSR count). The lowest BCUT2D eigenvalue weighted by atomic mass is 9.95. The van der Waals surface area contributed by atoms with Gasteiger partial charge in [-0.25, -0.2) is 0 Å². The topological polar surface area (TPSA) is 49.3 Å². The number of carbonyl (C=O) groups is 1. The van der Waals surface area contributed by atoms with E-state index in [1.165, 1.54) is 0 Å². The van der Waals surface area contributed by atoms with Gasteiger partial charge in [-0.2, -0.15) is 0 Å². The molecular weight excluding hydrogens is 238 g/mol. The Hall–Kier alpha value is -2.03. The number of hydrogen-bond acceptors (Lipinski definition) is 2. The van der Waals surface area contributed by atoms with Crippen molar-refractivity contribution in [2.24, 2.45) is 5.92 Å². The molecule has 0 aromatic heterocycles. The van der Waals surface area contributed by atoms with E-state index in [1.807, 2.05) is 45.0 Å². The third-order valence-electron chi connectivity index (χ3n) is 3.58. The first-order valence-electron chi connectivity index (χ1n) is 6.44. The summed E-state index contributed by atoms with van der Waals surface area (Å²) in [6.07, 6.45) is 5.38. The van der Waals surface area contributed by atoms with E-state index in [4.69, 9.17) is 0 Å². The first kappa shape index (κ1) is 13.4. The second-order valence-electron chi connectivity index (χ2n) is 5.09. The van der Waals surface area contributed by atoms with Crippen molar-refractivity contribution in [2.45, 2.75) is 26.8 Å². The molecule has 0 saturated heterocycles. The first-order chi connectivity index (χ1) is 8.99. The van der Waals surface area contributed by atoms with E-state index in [0.29, 0.717) is 5.56 Å². The normalized spacial score (nSPS) is 21.9. The molecular formula is C16H19NO2. The Kier molecular flexibility index (Phi) is 3.74. The maximum absolute atomic E-state index is 12.2. The summed E-state index contributed by atoms with van der Waals surface area (Å²) in [4.78, 5) is 12.2. The molecule has 2 N–H and O–H groups in total. The second kappa shape index (κ2) is 5.31. The van der Waals surface area contributed by atoms with Gasteiger partial charge in [-0.3, -0.25) is 4.79 Å². The van der Waals surface area contributed by atoms with Crippen molar-refractivity contribution < 1.29 is 9.90 Å². The molecule has 2 atom stereocenters.